The van der Waals surface area contributed by atoms with E-state index in [0.29, 0.717) is 6.04 Å². The normalized spacial score (nSPS) is 17.8. The van der Waals surface area contributed by atoms with Crippen LogP contribution < -0.4 is 5.32 Å². The largest absolute Gasteiger partial charge is 0.310 e. The van der Waals surface area contributed by atoms with Crippen LogP contribution in [-0.4, -0.2) is 40.9 Å². The predicted molar refractivity (Wildman–Crippen MR) is 84.1 cm³/mol. The summed E-state index contributed by atoms with van der Waals surface area (Å²) >= 11 is 0. The van der Waals surface area contributed by atoms with Gasteiger partial charge in [0, 0.05) is 23.8 Å². The van der Waals surface area contributed by atoms with Crippen molar-refractivity contribution in [3.05, 3.63) is 17.0 Å². The highest BCUT2D eigenvalue weighted by atomic mass is 15.3. The highest BCUT2D eigenvalue weighted by Crippen LogP contribution is 2.21. The molecule has 2 rings (SSSR count). The molecule has 0 radical (unpaired) electrons. The van der Waals surface area contributed by atoms with Gasteiger partial charge in [-0.05, 0) is 73.1 Å². The standard InChI is InChI=1S/C16H30N4/c1-5-20-15(4)16(14(3)18-20)13(2)17-9-8-12-19-10-6-7-11-19/h13,17H,5-12H2,1-4H3. The minimum atomic E-state index is 0.397. The highest BCUT2D eigenvalue weighted by molar-refractivity contribution is 5.27. The molecule has 1 N–H and O–H groups in total. The van der Waals surface area contributed by atoms with Crippen LogP contribution in [0.25, 0.3) is 0 Å². The van der Waals surface area contributed by atoms with Crippen molar-refractivity contribution in [1.29, 1.82) is 0 Å². The first-order chi connectivity index (χ1) is 9.63. The van der Waals surface area contributed by atoms with Gasteiger partial charge in [-0.15, -0.1) is 0 Å². The fourth-order valence-electron chi connectivity index (χ4n) is 3.37. The summed E-state index contributed by atoms with van der Waals surface area (Å²) in [7, 11) is 0. The fraction of sp³-hybridized carbons (Fsp3) is 0.812. The van der Waals surface area contributed by atoms with Crippen molar-refractivity contribution >= 4 is 0 Å². The van der Waals surface area contributed by atoms with E-state index in [4.69, 9.17) is 0 Å². The molecule has 0 aliphatic carbocycles. The van der Waals surface area contributed by atoms with Gasteiger partial charge < -0.3 is 10.2 Å². The zero-order chi connectivity index (χ0) is 14.5. The minimum Gasteiger partial charge on any atom is -0.310 e. The van der Waals surface area contributed by atoms with Crippen LogP contribution in [-0.2, 0) is 6.54 Å². The third-order valence-electron chi connectivity index (χ3n) is 4.47. The van der Waals surface area contributed by atoms with Crippen LogP contribution in [0.4, 0.5) is 0 Å². The molecule has 0 bridgehead atoms. The van der Waals surface area contributed by atoms with Crippen LogP contribution >= 0.6 is 0 Å². The van der Waals surface area contributed by atoms with E-state index in [1.54, 1.807) is 0 Å². The van der Waals surface area contributed by atoms with Gasteiger partial charge in [-0.3, -0.25) is 4.68 Å². The van der Waals surface area contributed by atoms with Crippen LogP contribution in [0, 0.1) is 13.8 Å². The molecular formula is C16H30N4. The average Bonchev–Trinajstić information content (AvgIpc) is 3.02. The van der Waals surface area contributed by atoms with Crippen LogP contribution in [0.1, 0.15) is 56.1 Å². The molecule has 0 amide bonds. The SMILES string of the molecule is CCn1nc(C)c(C(C)NCCCN2CCCC2)c1C. The Labute approximate surface area is 123 Å². The van der Waals surface area contributed by atoms with E-state index in [2.05, 4.69) is 47.7 Å². The first-order valence-corrected chi connectivity index (χ1v) is 8.13. The van der Waals surface area contributed by atoms with Gasteiger partial charge in [-0.1, -0.05) is 0 Å². The lowest BCUT2D eigenvalue weighted by atomic mass is 10.1. The van der Waals surface area contributed by atoms with Crippen molar-refractivity contribution in [1.82, 2.24) is 20.0 Å². The Bertz CT molecular complexity index is 418. The number of nitrogens with zero attached hydrogens (tertiary/aromatic N) is 3. The third-order valence-corrected chi connectivity index (χ3v) is 4.47. The van der Waals surface area contributed by atoms with E-state index >= 15 is 0 Å². The van der Waals surface area contributed by atoms with E-state index < -0.39 is 0 Å². The molecule has 1 aliphatic rings. The number of hydrogen-bond acceptors (Lipinski definition) is 3. The molecule has 0 saturated carbocycles. The Morgan fingerprint density at radius 3 is 2.55 bits per heavy atom. The Morgan fingerprint density at radius 1 is 1.25 bits per heavy atom. The van der Waals surface area contributed by atoms with E-state index in [1.807, 2.05) is 0 Å². The maximum absolute atomic E-state index is 4.61. The van der Waals surface area contributed by atoms with Gasteiger partial charge in [0.15, 0.2) is 0 Å². The molecule has 1 aromatic rings. The molecule has 0 spiro atoms. The first-order valence-electron chi connectivity index (χ1n) is 8.13. The number of likely N-dealkylation sites (tertiary alicyclic amines) is 1. The monoisotopic (exact) mass is 278 g/mol. The van der Waals surface area contributed by atoms with Gasteiger partial charge in [0.2, 0.25) is 0 Å². The maximum atomic E-state index is 4.61. The topological polar surface area (TPSA) is 33.1 Å². The molecule has 1 aromatic heterocycles. The summed E-state index contributed by atoms with van der Waals surface area (Å²) in [6.07, 6.45) is 4.02. The Balaban J connectivity index is 1.79. The van der Waals surface area contributed by atoms with Crippen molar-refractivity contribution in [2.45, 2.75) is 59.5 Å². The van der Waals surface area contributed by atoms with Gasteiger partial charge in [-0.25, -0.2) is 0 Å². The molecule has 1 fully saturated rings. The molecule has 4 heteroatoms. The summed E-state index contributed by atoms with van der Waals surface area (Å²) in [6, 6.07) is 0.397. The minimum absolute atomic E-state index is 0.397. The Hall–Kier alpha value is -0.870. The third kappa shape index (κ3) is 3.61. The second-order valence-electron chi connectivity index (χ2n) is 5.98. The highest BCUT2D eigenvalue weighted by Gasteiger charge is 2.16. The van der Waals surface area contributed by atoms with Gasteiger partial charge >= 0.3 is 0 Å². The second kappa shape index (κ2) is 7.23. The van der Waals surface area contributed by atoms with Crippen LogP contribution in [0.15, 0.2) is 0 Å². The van der Waals surface area contributed by atoms with Crippen LogP contribution in [0.3, 0.4) is 0 Å². The van der Waals surface area contributed by atoms with E-state index in [0.717, 1.165) is 13.1 Å². The summed E-state index contributed by atoms with van der Waals surface area (Å²) in [4.78, 5) is 2.58. The first kappa shape index (κ1) is 15.5. The van der Waals surface area contributed by atoms with Crippen molar-refractivity contribution in [3.8, 4) is 0 Å². The lowest BCUT2D eigenvalue weighted by molar-refractivity contribution is 0.328. The summed E-state index contributed by atoms with van der Waals surface area (Å²) < 4.78 is 2.10. The van der Waals surface area contributed by atoms with Crippen molar-refractivity contribution in [2.75, 3.05) is 26.2 Å². The second-order valence-corrected chi connectivity index (χ2v) is 5.98. The maximum Gasteiger partial charge on any atom is 0.0644 e. The summed E-state index contributed by atoms with van der Waals surface area (Å²) in [6.45, 7) is 14.6. The molecule has 2 heterocycles. The summed E-state index contributed by atoms with van der Waals surface area (Å²) in [5.74, 6) is 0. The number of rotatable bonds is 7. The van der Waals surface area contributed by atoms with Crippen LogP contribution in [0.5, 0.6) is 0 Å². The van der Waals surface area contributed by atoms with Crippen molar-refractivity contribution < 1.29 is 0 Å². The summed E-state index contributed by atoms with van der Waals surface area (Å²) in [5, 5.41) is 8.27. The van der Waals surface area contributed by atoms with Crippen molar-refractivity contribution in [3.63, 3.8) is 0 Å². The van der Waals surface area contributed by atoms with E-state index in [9.17, 15) is 0 Å². The van der Waals surface area contributed by atoms with Gasteiger partial charge in [0.25, 0.3) is 0 Å². The average molecular weight is 278 g/mol. The zero-order valence-corrected chi connectivity index (χ0v) is 13.6. The smallest absolute Gasteiger partial charge is 0.0644 e. The molecule has 0 aromatic carbocycles. The molecule has 1 atom stereocenters. The number of aryl methyl sites for hydroxylation is 2. The lowest BCUT2D eigenvalue weighted by Gasteiger charge is -2.17. The van der Waals surface area contributed by atoms with Gasteiger partial charge in [-0.2, -0.15) is 5.10 Å². The molecule has 20 heavy (non-hydrogen) atoms. The fourth-order valence-corrected chi connectivity index (χ4v) is 3.37. The van der Waals surface area contributed by atoms with Gasteiger partial charge in [0.1, 0.15) is 0 Å². The Kier molecular flexibility index (Phi) is 5.61. The lowest BCUT2D eigenvalue weighted by Crippen LogP contribution is -2.26. The van der Waals surface area contributed by atoms with Crippen molar-refractivity contribution in [2.24, 2.45) is 0 Å². The predicted octanol–water partition coefficient (Wildman–Crippen LogP) is 2.66. The molecule has 114 valence electrons. The van der Waals surface area contributed by atoms with Crippen LogP contribution in [0.2, 0.25) is 0 Å². The molecule has 1 saturated heterocycles. The molecular weight excluding hydrogens is 248 g/mol. The summed E-state index contributed by atoms with van der Waals surface area (Å²) in [5.41, 5.74) is 3.86. The number of nitrogens with one attached hydrogen (secondary N) is 1. The Morgan fingerprint density at radius 2 is 1.95 bits per heavy atom. The molecule has 1 unspecified atom stereocenters. The quantitative estimate of drug-likeness (QED) is 0.778. The van der Waals surface area contributed by atoms with E-state index in [1.165, 1.54) is 55.8 Å². The number of hydrogen-bond donors (Lipinski definition) is 1. The molecule has 4 nitrogen and oxygen atoms in total. The van der Waals surface area contributed by atoms with E-state index in [-0.39, 0.29) is 0 Å². The zero-order valence-electron chi connectivity index (χ0n) is 13.6. The molecule has 1 aliphatic heterocycles. The number of aromatic nitrogens is 2. The van der Waals surface area contributed by atoms with Gasteiger partial charge in [0.05, 0.1) is 5.69 Å².